The molecule has 0 spiro atoms. The normalized spacial score (nSPS) is 19.1. The molecular formula is C12H24N2O2S. The van der Waals surface area contributed by atoms with Gasteiger partial charge in [-0.05, 0) is 32.9 Å². The molecule has 1 aliphatic heterocycles. The highest BCUT2D eigenvalue weighted by Crippen LogP contribution is 2.12. The maximum absolute atomic E-state index is 11.5. The van der Waals surface area contributed by atoms with Gasteiger partial charge in [0.1, 0.15) is 0 Å². The van der Waals surface area contributed by atoms with E-state index in [1.165, 1.54) is 0 Å². The number of hydrogen-bond acceptors (Lipinski definition) is 4. The number of rotatable bonds is 5. The summed E-state index contributed by atoms with van der Waals surface area (Å²) >= 11 is 1.86. The molecule has 17 heavy (non-hydrogen) atoms. The summed E-state index contributed by atoms with van der Waals surface area (Å²) in [7, 11) is 0. The Hall–Kier alpha value is -0.420. The molecule has 1 fully saturated rings. The Morgan fingerprint density at radius 3 is 2.71 bits per heavy atom. The van der Waals surface area contributed by atoms with E-state index in [2.05, 4.69) is 18.5 Å². The minimum Gasteiger partial charge on any atom is -0.450 e. The molecule has 0 bridgehead atoms. The first-order valence-corrected chi connectivity index (χ1v) is 7.73. The van der Waals surface area contributed by atoms with Crippen LogP contribution in [0.2, 0.25) is 0 Å². The van der Waals surface area contributed by atoms with Crippen LogP contribution in [0.25, 0.3) is 0 Å². The Kier molecular flexibility index (Phi) is 6.73. The lowest BCUT2D eigenvalue weighted by Gasteiger charge is -2.33. The third kappa shape index (κ3) is 5.17. The van der Waals surface area contributed by atoms with Crippen molar-refractivity contribution in [3.63, 3.8) is 0 Å². The van der Waals surface area contributed by atoms with Gasteiger partial charge in [0, 0.05) is 30.9 Å². The van der Waals surface area contributed by atoms with Gasteiger partial charge < -0.3 is 15.0 Å². The summed E-state index contributed by atoms with van der Waals surface area (Å²) in [6, 6.07) is 1.09. The van der Waals surface area contributed by atoms with Crippen molar-refractivity contribution in [2.24, 2.45) is 0 Å². The average molecular weight is 260 g/mol. The minimum atomic E-state index is -0.164. The standard InChI is InChI=1S/C12H24N2O2S/c1-4-16-12(15)14-7-5-11(6-8-14)13-10(2)9-17-3/h10-11,13H,4-9H2,1-3H3/t10-/m0/s1. The second-order valence-electron chi connectivity index (χ2n) is 4.48. The van der Waals surface area contributed by atoms with Gasteiger partial charge in [-0.3, -0.25) is 0 Å². The van der Waals surface area contributed by atoms with E-state index in [-0.39, 0.29) is 6.09 Å². The number of hydrogen-bond donors (Lipinski definition) is 1. The highest BCUT2D eigenvalue weighted by molar-refractivity contribution is 7.98. The minimum absolute atomic E-state index is 0.164. The van der Waals surface area contributed by atoms with Crippen molar-refractivity contribution in [3.8, 4) is 0 Å². The molecule has 5 heteroatoms. The fourth-order valence-electron chi connectivity index (χ4n) is 2.14. The molecular weight excluding hydrogens is 236 g/mol. The molecule has 0 aromatic carbocycles. The third-order valence-corrected chi connectivity index (χ3v) is 3.79. The van der Waals surface area contributed by atoms with Gasteiger partial charge in [-0.15, -0.1) is 0 Å². The van der Waals surface area contributed by atoms with E-state index in [0.717, 1.165) is 31.7 Å². The van der Waals surface area contributed by atoms with Crippen LogP contribution in [-0.2, 0) is 4.74 Å². The Bertz CT molecular complexity index is 231. The van der Waals surface area contributed by atoms with Crippen LogP contribution in [0.3, 0.4) is 0 Å². The molecule has 1 rings (SSSR count). The average Bonchev–Trinajstić information content (AvgIpc) is 2.30. The first-order valence-electron chi connectivity index (χ1n) is 6.34. The summed E-state index contributed by atoms with van der Waals surface area (Å²) in [6.45, 7) is 6.14. The quantitative estimate of drug-likeness (QED) is 0.820. The van der Waals surface area contributed by atoms with Crippen LogP contribution in [0.4, 0.5) is 4.79 Å². The van der Waals surface area contributed by atoms with Crippen molar-refractivity contribution in [1.82, 2.24) is 10.2 Å². The van der Waals surface area contributed by atoms with Crippen LogP contribution in [0.5, 0.6) is 0 Å². The second kappa shape index (κ2) is 7.82. The van der Waals surface area contributed by atoms with Crippen molar-refractivity contribution < 1.29 is 9.53 Å². The van der Waals surface area contributed by atoms with Crippen molar-refractivity contribution in [2.75, 3.05) is 31.7 Å². The Balaban J connectivity index is 2.23. The van der Waals surface area contributed by atoms with Crippen molar-refractivity contribution in [2.45, 2.75) is 38.8 Å². The summed E-state index contributed by atoms with van der Waals surface area (Å²) < 4.78 is 5.00. The topological polar surface area (TPSA) is 41.6 Å². The van der Waals surface area contributed by atoms with Crippen LogP contribution in [0, 0.1) is 0 Å². The van der Waals surface area contributed by atoms with Crippen molar-refractivity contribution in [3.05, 3.63) is 0 Å². The van der Waals surface area contributed by atoms with Gasteiger partial charge in [-0.1, -0.05) is 0 Å². The maximum Gasteiger partial charge on any atom is 0.409 e. The van der Waals surface area contributed by atoms with Crippen molar-refractivity contribution in [1.29, 1.82) is 0 Å². The molecule has 0 unspecified atom stereocenters. The molecule has 0 radical (unpaired) electrons. The molecule has 1 aliphatic rings. The summed E-state index contributed by atoms with van der Waals surface area (Å²) in [5.74, 6) is 1.14. The number of nitrogens with zero attached hydrogens (tertiary/aromatic N) is 1. The lowest BCUT2D eigenvalue weighted by Crippen LogP contribution is -2.47. The first-order chi connectivity index (χ1) is 8.17. The number of likely N-dealkylation sites (tertiary alicyclic amines) is 1. The predicted octanol–water partition coefficient (Wildman–Crippen LogP) is 1.95. The highest BCUT2D eigenvalue weighted by Gasteiger charge is 2.23. The summed E-state index contributed by atoms with van der Waals surface area (Å²) in [6.07, 6.45) is 4.01. The zero-order valence-corrected chi connectivity index (χ0v) is 11.9. The number of amides is 1. The lowest BCUT2D eigenvalue weighted by molar-refractivity contribution is 0.0946. The van der Waals surface area contributed by atoms with Crippen LogP contribution in [0.15, 0.2) is 0 Å². The third-order valence-electron chi connectivity index (χ3n) is 2.96. The van der Waals surface area contributed by atoms with Gasteiger partial charge in [0.2, 0.25) is 0 Å². The highest BCUT2D eigenvalue weighted by atomic mass is 32.2. The number of nitrogens with one attached hydrogen (secondary N) is 1. The van der Waals surface area contributed by atoms with Gasteiger partial charge in [-0.2, -0.15) is 11.8 Å². The number of carbonyl (C=O) groups excluding carboxylic acids is 1. The molecule has 1 heterocycles. The van der Waals surface area contributed by atoms with E-state index in [9.17, 15) is 4.79 Å². The molecule has 4 nitrogen and oxygen atoms in total. The Morgan fingerprint density at radius 2 is 2.18 bits per heavy atom. The smallest absolute Gasteiger partial charge is 0.409 e. The van der Waals surface area contributed by atoms with Crippen LogP contribution < -0.4 is 5.32 Å². The predicted molar refractivity (Wildman–Crippen MR) is 72.6 cm³/mol. The molecule has 1 amide bonds. The van der Waals surface area contributed by atoms with E-state index in [1.54, 1.807) is 4.90 Å². The SMILES string of the molecule is CCOC(=O)N1CCC(N[C@@H](C)CSC)CC1. The number of carbonyl (C=O) groups is 1. The number of piperidine rings is 1. The van der Waals surface area contributed by atoms with Crippen molar-refractivity contribution >= 4 is 17.9 Å². The molecule has 0 saturated carbocycles. The second-order valence-corrected chi connectivity index (χ2v) is 5.39. The molecule has 100 valence electrons. The summed E-state index contributed by atoms with van der Waals surface area (Å²) in [5, 5.41) is 3.61. The Morgan fingerprint density at radius 1 is 1.53 bits per heavy atom. The summed E-state index contributed by atoms with van der Waals surface area (Å²) in [5.41, 5.74) is 0. The van der Waals surface area contributed by atoms with Gasteiger partial charge in [0.25, 0.3) is 0 Å². The van der Waals surface area contributed by atoms with Gasteiger partial charge in [-0.25, -0.2) is 4.79 Å². The molecule has 0 aliphatic carbocycles. The monoisotopic (exact) mass is 260 g/mol. The van der Waals surface area contributed by atoms with Gasteiger partial charge in [0.05, 0.1) is 6.61 Å². The van der Waals surface area contributed by atoms with Crippen LogP contribution in [-0.4, -0.2) is 54.8 Å². The molecule has 1 N–H and O–H groups in total. The van der Waals surface area contributed by atoms with E-state index in [0.29, 0.717) is 18.7 Å². The molecule has 0 aromatic heterocycles. The molecule has 1 saturated heterocycles. The first kappa shape index (κ1) is 14.6. The Labute approximate surface area is 108 Å². The zero-order valence-electron chi connectivity index (χ0n) is 11.1. The summed E-state index contributed by atoms with van der Waals surface area (Å²) in [4.78, 5) is 13.3. The molecule has 1 atom stereocenters. The fraction of sp³-hybridized carbons (Fsp3) is 0.917. The maximum atomic E-state index is 11.5. The van der Waals surface area contributed by atoms with E-state index in [4.69, 9.17) is 4.74 Å². The fourth-order valence-corrected chi connectivity index (χ4v) is 2.74. The van der Waals surface area contributed by atoms with E-state index >= 15 is 0 Å². The molecule has 0 aromatic rings. The van der Waals surface area contributed by atoms with E-state index < -0.39 is 0 Å². The largest absolute Gasteiger partial charge is 0.450 e. The zero-order chi connectivity index (χ0) is 12.7. The van der Waals surface area contributed by atoms with E-state index in [1.807, 2.05) is 18.7 Å². The lowest BCUT2D eigenvalue weighted by atomic mass is 10.0. The van der Waals surface area contributed by atoms with Crippen LogP contribution in [0.1, 0.15) is 26.7 Å². The number of thioether (sulfide) groups is 1. The van der Waals surface area contributed by atoms with Crippen LogP contribution >= 0.6 is 11.8 Å². The van der Waals surface area contributed by atoms with Gasteiger partial charge in [0.15, 0.2) is 0 Å². The number of ether oxygens (including phenoxy) is 1. The van der Waals surface area contributed by atoms with Gasteiger partial charge >= 0.3 is 6.09 Å².